The van der Waals surface area contributed by atoms with Gasteiger partial charge in [0.05, 0.1) is 17.9 Å². The van der Waals surface area contributed by atoms with Crippen molar-refractivity contribution in [2.24, 2.45) is 68.0 Å². The van der Waals surface area contributed by atoms with E-state index < -0.39 is 34.7 Å². The van der Waals surface area contributed by atoms with Crippen molar-refractivity contribution >= 4 is 23.6 Å². The number of carboxylic acid groups (broad SMARTS) is 1. The van der Waals surface area contributed by atoms with Crippen molar-refractivity contribution in [3.05, 3.63) is 46.5 Å². The van der Waals surface area contributed by atoms with Crippen molar-refractivity contribution in [2.45, 2.75) is 145 Å². The van der Waals surface area contributed by atoms with Crippen molar-refractivity contribution < 1.29 is 34.1 Å². The Morgan fingerprint density at radius 1 is 0.823 bits per heavy atom. The lowest BCUT2D eigenvalue weighted by molar-refractivity contribution is -0.238. The quantitative estimate of drug-likeness (QED) is 0.199. The number of likely N-dealkylation sites (N-methyl/N-ethyl adjacent to an activating group) is 1. The minimum absolute atomic E-state index is 0.00508. The molecule has 0 unspecified atom stereocenters. The molecule has 1 aliphatic heterocycles. The zero-order valence-corrected chi connectivity index (χ0v) is 39.6. The third-order valence-corrected chi connectivity index (χ3v) is 19.8. The minimum atomic E-state index is -0.874. The second-order valence-electron chi connectivity index (χ2n) is 23.6. The van der Waals surface area contributed by atoms with Crippen LogP contribution in [-0.4, -0.2) is 95.6 Å². The SMILES string of the molecule is CC(C)C1=C2[C@H]3CC[C@@H]4[C@@]5(C)CC[C@H](OC(=O)[C@H]6C[C@@H](C(=O)O)C6(C)C)C(C)(C)[C@@H]5CC[C@@]4(C)[C@]3(C)CC[C@@]2([C@@H](O)CNC(=O)c2ccc(CN3CCN(C)CC3)cc2)CC1=O. The molecule has 11 atom stereocenters. The number of nitrogens with zero attached hydrogens (tertiary/aromatic N) is 2. The van der Waals surface area contributed by atoms with Crippen LogP contribution in [0.5, 0.6) is 0 Å². The van der Waals surface area contributed by atoms with Crippen LogP contribution in [0.3, 0.4) is 0 Å². The number of aliphatic carboxylic acids is 1. The van der Waals surface area contributed by atoms with Crippen molar-refractivity contribution in [1.29, 1.82) is 0 Å². The van der Waals surface area contributed by atoms with Gasteiger partial charge in [-0.05, 0) is 133 Å². The second kappa shape index (κ2) is 15.8. The van der Waals surface area contributed by atoms with Gasteiger partial charge in [0.15, 0.2) is 5.78 Å². The molecule has 62 heavy (non-hydrogen) atoms. The number of fused-ring (bicyclic) bond motifs is 7. The normalized spacial score (nSPS) is 39.5. The third-order valence-electron chi connectivity index (χ3n) is 19.8. The summed E-state index contributed by atoms with van der Waals surface area (Å²) in [7, 11) is 2.16. The van der Waals surface area contributed by atoms with Crippen LogP contribution in [0.4, 0.5) is 0 Å². The van der Waals surface area contributed by atoms with Crippen LogP contribution in [0, 0.1) is 68.0 Å². The highest BCUT2D eigenvalue weighted by atomic mass is 16.5. The molecule has 342 valence electrons. The van der Waals surface area contributed by atoms with Gasteiger partial charge in [-0.1, -0.05) is 80.0 Å². The summed E-state index contributed by atoms with van der Waals surface area (Å²) in [5.74, 6) is -0.984. The van der Waals surface area contributed by atoms with Crippen LogP contribution in [0.2, 0.25) is 0 Å². The van der Waals surface area contributed by atoms with Gasteiger partial charge in [-0.15, -0.1) is 0 Å². The number of carbonyl (C=O) groups excluding carboxylic acids is 3. The number of hydrogen-bond donors (Lipinski definition) is 3. The first-order valence-corrected chi connectivity index (χ1v) is 24.2. The summed E-state index contributed by atoms with van der Waals surface area (Å²) in [6.45, 7) is 25.4. The predicted molar refractivity (Wildman–Crippen MR) is 240 cm³/mol. The van der Waals surface area contributed by atoms with E-state index in [4.69, 9.17) is 4.74 Å². The molecule has 1 aromatic carbocycles. The number of carbonyl (C=O) groups is 4. The summed E-state index contributed by atoms with van der Waals surface area (Å²) < 4.78 is 6.43. The molecule has 7 aliphatic rings. The highest BCUT2D eigenvalue weighted by Gasteiger charge is 2.71. The first-order valence-electron chi connectivity index (χ1n) is 24.2. The van der Waals surface area contributed by atoms with E-state index in [-0.39, 0.29) is 63.8 Å². The van der Waals surface area contributed by atoms with Crippen LogP contribution < -0.4 is 5.32 Å². The number of aliphatic hydroxyl groups is 1. The Morgan fingerprint density at radius 2 is 1.50 bits per heavy atom. The number of allylic oxidation sites excluding steroid dienone is 1. The molecule has 8 rings (SSSR count). The minimum Gasteiger partial charge on any atom is -0.481 e. The number of Topliss-reactive ketones (excluding diaryl/α,β-unsaturated/α-hetero) is 1. The van der Waals surface area contributed by atoms with Gasteiger partial charge >= 0.3 is 11.9 Å². The van der Waals surface area contributed by atoms with E-state index in [1.807, 2.05) is 38.1 Å². The smallest absolute Gasteiger partial charge is 0.309 e. The number of ketones is 1. The number of amides is 1. The van der Waals surface area contributed by atoms with Gasteiger partial charge in [-0.3, -0.25) is 24.1 Å². The van der Waals surface area contributed by atoms with Gasteiger partial charge < -0.3 is 25.2 Å². The molecule has 1 amide bonds. The molecule has 1 heterocycles. The molecule has 5 saturated carbocycles. The van der Waals surface area contributed by atoms with Gasteiger partial charge in [0.25, 0.3) is 5.91 Å². The van der Waals surface area contributed by atoms with Crippen LogP contribution in [0.1, 0.15) is 142 Å². The van der Waals surface area contributed by atoms with Crippen LogP contribution in [0.15, 0.2) is 35.4 Å². The van der Waals surface area contributed by atoms with Crippen LogP contribution in [0.25, 0.3) is 0 Å². The Balaban J connectivity index is 0.982. The average Bonchev–Trinajstić information content (AvgIpc) is 3.52. The topological polar surface area (TPSA) is 136 Å². The second-order valence-corrected chi connectivity index (χ2v) is 23.6. The molecule has 1 aromatic rings. The summed E-state index contributed by atoms with van der Waals surface area (Å²) in [5.41, 5.74) is 2.32. The Kier molecular flexibility index (Phi) is 11.6. The molecule has 0 spiro atoms. The molecular formula is C52H77N3O7. The summed E-state index contributed by atoms with van der Waals surface area (Å²) in [6, 6.07) is 7.86. The number of rotatable bonds is 10. The molecule has 10 nitrogen and oxygen atoms in total. The van der Waals surface area contributed by atoms with Gasteiger partial charge in [-0.25, -0.2) is 0 Å². The van der Waals surface area contributed by atoms with E-state index in [1.165, 1.54) is 11.1 Å². The van der Waals surface area contributed by atoms with E-state index in [9.17, 15) is 29.4 Å². The number of carboxylic acids is 1. The summed E-state index contributed by atoms with van der Waals surface area (Å²) in [6.07, 6.45) is 7.10. The molecule has 1 saturated heterocycles. The number of ether oxygens (including phenoxy) is 1. The Bertz CT molecular complexity index is 1980. The number of aliphatic hydroxyl groups excluding tert-OH is 1. The fourth-order valence-corrected chi connectivity index (χ4v) is 15.8. The molecular weight excluding hydrogens is 779 g/mol. The fraction of sp³-hybridized carbons (Fsp3) is 0.769. The van der Waals surface area contributed by atoms with Gasteiger partial charge in [-0.2, -0.15) is 0 Å². The summed E-state index contributed by atoms with van der Waals surface area (Å²) in [4.78, 5) is 58.1. The molecule has 0 aromatic heterocycles. The first kappa shape index (κ1) is 45.5. The lowest BCUT2D eigenvalue weighted by atomic mass is 9.33. The van der Waals surface area contributed by atoms with Crippen molar-refractivity contribution in [1.82, 2.24) is 15.1 Å². The number of hydrogen-bond acceptors (Lipinski definition) is 8. The van der Waals surface area contributed by atoms with E-state index in [0.29, 0.717) is 30.2 Å². The highest BCUT2D eigenvalue weighted by Crippen LogP contribution is 2.77. The number of nitrogens with one attached hydrogen (secondary N) is 1. The van der Waals surface area contributed by atoms with Gasteiger partial charge in [0.2, 0.25) is 0 Å². The average molecular weight is 856 g/mol. The number of benzene rings is 1. The van der Waals surface area contributed by atoms with Crippen LogP contribution in [-0.2, 0) is 25.7 Å². The molecule has 0 bridgehead atoms. The number of piperazine rings is 1. The van der Waals surface area contributed by atoms with Crippen LogP contribution >= 0.6 is 0 Å². The predicted octanol–water partition coefficient (Wildman–Crippen LogP) is 8.16. The maximum absolute atomic E-state index is 14.2. The largest absolute Gasteiger partial charge is 0.481 e. The van der Waals surface area contributed by atoms with E-state index in [0.717, 1.165) is 89.7 Å². The zero-order valence-electron chi connectivity index (χ0n) is 39.6. The maximum atomic E-state index is 14.2. The summed E-state index contributed by atoms with van der Waals surface area (Å²) in [5, 5.41) is 25.1. The van der Waals surface area contributed by atoms with E-state index in [2.05, 4.69) is 70.6 Å². The van der Waals surface area contributed by atoms with Gasteiger partial charge in [0.1, 0.15) is 6.10 Å². The van der Waals surface area contributed by atoms with Crippen molar-refractivity contribution in [3.63, 3.8) is 0 Å². The first-order chi connectivity index (χ1) is 29.0. The monoisotopic (exact) mass is 856 g/mol. The third kappa shape index (κ3) is 6.96. The van der Waals surface area contributed by atoms with E-state index in [1.54, 1.807) is 0 Å². The Hall–Kier alpha value is -3.08. The van der Waals surface area contributed by atoms with E-state index >= 15 is 0 Å². The Morgan fingerprint density at radius 3 is 2.13 bits per heavy atom. The van der Waals surface area contributed by atoms with Crippen molar-refractivity contribution in [2.75, 3.05) is 39.8 Å². The molecule has 6 aliphatic carbocycles. The Labute approximate surface area is 371 Å². The highest BCUT2D eigenvalue weighted by molar-refractivity contribution is 6.01. The summed E-state index contributed by atoms with van der Waals surface area (Å²) >= 11 is 0. The molecule has 0 radical (unpaired) electrons. The molecule has 6 fully saturated rings. The standard InChI is InChI=1S/C52H77N3O7/c1-31(2)42-37(56)28-52(40(57)29-53-44(58)33-13-11-32(12-14-33)30-55-25-23-54(10)24-26-55)22-21-50(8)34(43(42)52)15-16-39-49(7)19-18-41(48(5,6)38(49)17-20-51(39,50)9)62-46(61)36-27-35(45(59)60)47(36,3)4/h11-14,31,34-36,38-41,57H,15-30H2,1-10H3,(H,53,58)(H,59,60)/t34-,35+,36-,38+,39-,40+,41+,49+,50-,51-,52+/m1/s1. The lowest BCUT2D eigenvalue weighted by Crippen LogP contribution is -2.66. The lowest BCUT2D eigenvalue weighted by Gasteiger charge is -2.72. The van der Waals surface area contributed by atoms with Gasteiger partial charge in [0, 0.05) is 62.1 Å². The van der Waals surface area contributed by atoms with Crippen molar-refractivity contribution in [3.8, 4) is 0 Å². The maximum Gasteiger partial charge on any atom is 0.309 e. The zero-order chi connectivity index (χ0) is 44.9. The molecule has 10 heteroatoms. The fourth-order valence-electron chi connectivity index (χ4n) is 15.8. The molecule has 3 N–H and O–H groups in total. The number of esters is 1.